The topological polar surface area (TPSA) is 59.1 Å². The first-order chi connectivity index (χ1) is 10.0. The first kappa shape index (κ1) is 15.7. The molecule has 4 nitrogen and oxygen atoms in total. The Morgan fingerprint density at radius 2 is 2.00 bits per heavy atom. The highest BCUT2D eigenvalue weighted by Crippen LogP contribution is 2.23. The molecule has 0 fully saturated rings. The van der Waals surface area contributed by atoms with Gasteiger partial charge in [0.2, 0.25) is 5.91 Å². The quantitative estimate of drug-likeness (QED) is 0.656. The van der Waals surface area contributed by atoms with Gasteiger partial charge in [-0.3, -0.25) is 9.59 Å². The fourth-order valence-corrected chi connectivity index (χ4v) is 3.39. The molecule has 1 heterocycles. The van der Waals surface area contributed by atoms with Crippen molar-refractivity contribution in [3.63, 3.8) is 0 Å². The van der Waals surface area contributed by atoms with E-state index in [1.165, 1.54) is 18.7 Å². The monoisotopic (exact) mass is 320 g/mol. The normalized spacial score (nSPS) is 10.4. The number of carbonyl (C=O) groups excluding carboxylic acids is 2. The van der Waals surface area contributed by atoms with Crippen molar-refractivity contribution in [3.05, 3.63) is 46.5 Å². The predicted octanol–water partition coefficient (Wildman–Crippen LogP) is 3.06. The molecule has 6 heteroatoms. The average molecular weight is 320 g/mol. The van der Waals surface area contributed by atoms with Gasteiger partial charge < -0.3 is 5.32 Å². The summed E-state index contributed by atoms with van der Waals surface area (Å²) in [5.41, 5.74) is 2.64. The molecule has 0 aliphatic carbocycles. The Bertz CT molecular complexity index is 635. The van der Waals surface area contributed by atoms with E-state index in [0.717, 1.165) is 15.6 Å². The number of rotatable bonds is 6. The van der Waals surface area contributed by atoms with Crippen LogP contribution in [-0.4, -0.2) is 22.4 Å². The Morgan fingerprint density at radius 3 is 2.57 bits per heavy atom. The number of nitrogens with one attached hydrogen (secondary N) is 1. The number of Topliss-reactive ketones (excluding diaryl/α,β-unsaturated/α-hetero) is 1. The minimum Gasteiger partial charge on any atom is -0.352 e. The Kier molecular flexibility index (Phi) is 5.52. The fraction of sp³-hybridized carbons (Fsp3) is 0.267. The second kappa shape index (κ2) is 7.38. The van der Waals surface area contributed by atoms with Crippen LogP contribution < -0.4 is 5.32 Å². The number of thiazole rings is 1. The lowest BCUT2D eigenvalue weighted by molar-refractivity contribution is -0.119. The molecule has 0 saturated carbocycles. The molecule has 0 atom stereocenters. The van der Waals surface area contributed by atoms with E-state index in [9.17, 15) is 9.59 Å². The van der Waals surface area contributed by atoms with E-state index in [2.05, 4.69) is 10.3 Å². The Labute approximate surface area is 132 Å². The lowest BCUT2D eigenvalue weighted by Crippen LogP contribution is -2.18. The van der Waals surface area contributed by atoms with Gasteiger partial charge in [0.25, 0.3) is 0 Å². The number of hydrogen-bond acceptors (Lipinski definition) is 5. The standard InChI is InChI=1S/C15H16N2O2S2/c1-10-8-20-15(17-10)21-9-14(19)13-5-3-12(4-6-13)7-16-11(2)18/h3-6,8H,7,9H2,1-2H3,(H,16,18). The molecule has 110 valence electrons. The van der Waals surface area contributed by atoms with Gasteiger partial charge in [-0.25, -0.2) is 4.98 Å². The lowest BCUT2D eigenvalue weighted by atomic mass is 10.1. The molecule has 0 unspecified atom stereocenters. The minimum atomic E-state index is -0.0645. The summed E-state index contributed by atoms with van der Waals surface area (Å²) in [5.74, 6) is 0.405. The van der Waals surface area contributed by atoms with E-state index < -0.39 is 0 Å². The Hall–Kier alpha value is -1.66. The van der Waals surface area contributed by atoms with Gasteiger partial charge in [0.1, 0.15) is 0 Å². The van der Waals surface area contributed by atoms with Gasteiger partial charge in [0.15, 0.2) is 10.1 Å². The summed E-state index contributed by atoms with van der Waals surface area (Å²) in [6, 6.07) is 7.32. The molecule has 1 aromatic heterocycles. The second-order valence-electron chi connectivity index (χ2n) is 4.57. The maximum atomic E-state index is 12.1. The summed E-state index contributed by atoms with van der Waals surface area (Å²) < 4.78 is 0.920. The summed E-state index contributed by atoms with van der Waals surface area (Å²) in [6.45, 7) is 3.91. The van der Waals surface area contributed by atoms with Crippen LogP contribution in [0.15, 0.2) is 34.0 Å². The summed E-state index contributed by atoms with van der Waals surface area (Å²) in [5, 5.41) is 4.70. The van der Waals surface area contributed by atoms with Crippen molar-refractivity contribution >= 4 is 34.8 Å². The van der Waals surface area contributed by atoms with Gasteiger partial charge in [-0.05, 0) is 12.5 Å². The molecule has 0 spiro atoms. The third-order valence-electron chi connectivity index (χ3n) is 2.74. The number of nitrogens with zero attached hydrogens (tertiary/aromatic N) is 1. The van der Waals surface area contributed by atoms with Gasteiger partial charge in [0.05, 0.1) is 5.75 Å². The largest absolute Gasteiger partial charge is 0.352 e. The van der Waals surface area contributed by atoms with Crippen LogP contribution in [0.2, 0.25) is 0 Å². The molecule has 0 aliphatic heterocycles. The van der Waals surface area contributed by atoms with Crippen molar-refractivity contribution in [1.82, 2.24) is 10.3 Å². The van der Waals surface area contributed by atoms with Gasteiger partial charge in [-0.1, -0.05) is 36.0 Å². The van der Waals surface area contributed by atoms with Gasteiger partial charge >= 0.3 is 0 Å². The molecular weight excluding hydrogens is 304 g/mol. The Morgan fingerprint density at radius 1 is 1.29 bits per heavy atom. The summed E-state index contributed by atoms with van der Waals surface area (Å²) >= 11 is 3.02. The molecule has 0 radical (unpaired) electrons. The third-order valence-corrected chi connectivity index (χ3v) is 4.88. The molecule has 0 saturated heterocycles. The van der Waals surface area contributed by atoms with Gasteiger partial charge in [-0.15, -0.1) is 11.3 Å². The minimum absolute atomic E-state index is 0.0645. The van der Waals surface area contributed by atoms with E-state index in [1.807, 2.05) is 24.4 Å². The molecule has 1 N–H and O–H groups in total. The number of amides is 1. The number of carbonyl (C=O) groups is 2. The van der Waals surface area contributed by atoms with Crippen LogP contribution in [0.25, 0.3) is 0 Å². The van der Waals surface area contributed by atoms with Crippen molar-refractivity contribution < 1.29 is 9.59 Å². The zero-order valence-corrected chi connectivity index (χ0v) is 13.5. The van der Waals surface area contributed by atoms with Crippen molar-refractivity contribution in [2.45, 2.75) is 24.7 Å². The van der Waals surface area contributed by atoms with E-state index in [4.69, 9.17) is 0 Å². The van der Waals surface area contributed by atoms with E-state index in [-0.39, 0.29) is 11.7 Å². The van der Waals surface area contributed by atoms with E-state index in [0.29, 0.717) is 17.9 Å². The van der Waals surface area contributed by atoms with Crippen molar-refractivity contribution in [3.8, 4) is 0 Å². The number of thioether (sulfide) groups is 1. The number of hydrogen-bond donors (Lipinski definition) is 1. The highest BCUT2D eigenvalue weighted by atomic mass is 32.2. The van der Waals surface area contributed by atoms with Crippen LogP contribution >= 0.6 is 23.1 Å². The second-order valence-corrected chi connectivity index (χ2v) is 6.65. The SMILES string of the molecule is CC(=O)NCc1ccc(C(=O)CSc2nc(C)cs2)cc1. The highest BCUT2D eigenvalue weighted by molar-refractivity contribution is 8.01. The van der Waals surface area contributed by atoms with Crippen LogP contribution in [0.5, 0.6) is 0 Å². The zero-order valence-electron chi connectivity index (χ0n) is 11.9. The summed E-state index contributed by atoms with van der Waals surface area (Å²) in [6.07, 6.45) is 0. The van der Waals surface area contributed by atoms with Gasteiger partial charge in [-0.2, -0.15) is 0 Å². The van der Waals surface area contributed by atoms with Crippen LogP contribution in [0.3, 0.4) is 0 Å². The van der Waals surface area contributed by atoms with Crippen molar-refractivity contribution in [2.75, 3.05) is 5.75 Å². The maximum absolute atomic E-state index is 12.1. The van der Waals surface area contributed by atoms with Crippen molar-refractivity contribution in [1.29, 1.82) is 0 Å². The maximum Gasteiger partial charge on any atom is 0.217 e. The molecule has 21 heavy (non-hydrogen) atoms. The number of ketones is 1. The van der Waals surface area contributed by atoms with Crippen LogP contribution in [0, 0.1) is 6.92 Å². The average Bonchev–Trinajstić information content (AvgIpc) is 2.89. The predicted molar refractivity (Wildman–Crippen MR) is 85.9 cm³/mol. The Balaban J connectivity index is 1.88. The van der Waals surface area contributed by atoms with E-state index >= 15 is 0 Å². The summed E-state index contributed by atoms with van der Waals surface area (Å²) in [7, 11) is 0. The molecule has 2 aromatic rings. The number of aryl methyl sites for hydroxylation is 1. The highest BCUT2D eigenvalue weighted by Gasteiger charge is 2.08. The smallest absolute Gasteiger partial charge is 0.217 e. The first-order valence-corrected chi connectivity index (χ1v) is 8.32. The van der Waals surface area contributed by atoms with Crippen molar-refractivity contribution in [2.24, 2.45) is 0 Å². The fourth-order valence-electron chi connectivity index (χ4n) is 1.64. The molecule has 0 bridgehead atoms. The molecule has 1 aromatic carbocycles. The first-order valence-electron chi connectivity index (χ1n) is 6.46. The zero-order chi connectivity index (χ0) is 15.2. The lowest BCUT2D eigenvalue weighted by Gasteiger charge is -2.04. The third kappa shape index (κ3) is 4.99. The van der Waals surface area contributed by atoms with Crippen LogP contribution in [0.1, 0.15) is 28.5 Å². The number of aromatic nitrogens is 1. The molecule has 0 aliphatic rings. The number of benzene rings is 1. The van der Waals surface area contributed by atoms with Crippen LogP contribution in [-0.2, 0) is 11.3 Å². The molecular formula is C15H16N2O2S2. The van der Waals surface area contributed by atoms with Crippen LogP contribution in [0.4, 0.5) is 0 Å². The molecule has 2 rings (SSSR count). The van der Waals surface area contributed by atoms with Gasteiger partial charge in [0, 0.05) is 30.1 Å². The molecule has 1 amide bonds. The summed E-state index contributed by atoms with van der Waals surface area (Å²) in [4.78, 5) is 27.2. The van der Waals surface area contributed by atoms with E-state index in [1.54, 1.807) is 23.5 Å².